The number of hydrogen-bond donors (Lipinski definition) is 0. The number of carbonyl (C=O) groups is 1. The Morgan fingerprint density at radius 1 is 1.31 bits per heavy atom. The van der Waals surface area contributed by atoms with Crippen LogP contribution in [0.5, 0.6) is 0 Å². The molecule has 1 rings (SSSR count). The van der Waals surface area contributed by atoms with Gasteiger partial charge in [-0.25, -0.2) is 4.79 Å². The highest BCUT2D eigenvalue weighted by molar-refractivity contribution is 5.82. The van der Waals surface area contributed by atoms with Crippen molar-refractivity contribution in [1.29, 1.82) is 0 Å². The van der Waals surface area contributed by atoms with Crippen molar-refractivity contribution in [3.63, 3.8) is 0 Å². The molecule has 0 spiro atoms. The molecule has 1 aliphatic rings. The Balaban J connectivity index is 2.19. The van der Waals surface area contributed by atoms with Crippen molar-refractivity contribution in [1.82, 2.24) is 0 Å². The summed E-state index contributed by atoms with van der Waals surface area (Å²) in [5.41, 5.74) is 2.42. The second kappa shape index (κ2) is 6.51. The molecule has 0 aliphatic heterocycles. The van der Waals surface area contributed by atoms with E-state index in [2.05, 4.69) is 19.9 Å². The van der Waals surface area contributed by atoms with Crippen molar-refractivity contribution in [2.75, 3.05) is 6.61 Å². The topological polar surface area (TPSA) is 26.3 Å². The molecule has 0 heterocycles. The van der Waals surface area contributed by atoms with Crippen LogP contribution < -0.4 is 0 Å². The number of hydrogen-bond acceptors (Lipinski definition) is 2. The maximum Gasteiger partial charge on any atom is 0.330 e. The molecule has 16 heavy (non-hydrogen) atoms. The lowest BCUT2D eigenvalue weighted by Crippen LogP contribution is -2.04. The Morgan fingerprint density at radius 3 is 2.56 bits per heavy atom. The third-order valence-corrected chi connectivity index (χ3v) is 2.61. The van der Waals surface area contributed by atoms with Crippen LogP contribution in [0.2, 0.25) is 0 Å². The van der Waals surface area contributed by atoms with Gasteiger partial charge in [-0.2, -0.15) is 0 Å². The van der Waals surface area contributed by atoms with Crippen LogP contribution in [0.1, 0.15) is 46.5 Å². The third kappa shape index (κ3) is 6.44. The van der Waals surface area contributed by atoms with Gasteiger partial charge in [-0.05, 0) is 52.4 Å². The molecule has 90 valence electrons. The minimum atomic E-state index is -0.179. The summed E-state index contributed by atoms with van der Waals surface area (Å²) in [5, 5.41) is 0. The summed E-state index contributed by atoms with van der Waals surface area (Å²) < 4.78 is 5.13. The smallest absolute Gasteiger partial charge is 0.330 e. The Morgan fingerprint density at radius 2 is 2.00 bits per heavy atom. The standard InChI is InChI=1S/C14H22O2/c1-11(2)5-4-6-12(3)9-14(15)16-10-13-7-8-13/h5,9,13H,4,6-8,10H2,1-3H3/b12-9+. The summed E-state index contributed by atoms with van der Waals surface area (Å²) in [6, 6.07) is 0. The number of rotatable bonds is 6. The Labute approximate surface area is 98.4 Å². The SMILES string of the molecule is CC(C)=CCC/C(C)=C/C(=O)OCC1CC1. The van der Waals surface area contributed by atoms with Gasteiger partial charge >= 0.3 is 5.97 Å². The molecule has 2 heteroatoms. The zero-order chi connectivity index (χ0) is 12.0. The summed E-state index contributed by atoms with van der Waals surface area (Å²) >= 11 is 0. The molecule has 1 saturated carbocycles. The summed E-state index contributed by atoms with van der Waals surface area (Å²) in [4.78, 5) is 11.4. The predicted octanol–water partition coefficient (Wildman–Crippen LogP) is 3.63. The van der Waals surface area contributed by atoms with Gasteiger partial charge in [0.1, 0.15) is 0 Å². The van der Waals surface area contributed by atoms with Crippen molar-refractivity contribution in [3.05, 3.63) is 23.3 Å². The van der Waals surface area contributed by atoms with Gasteiger partial charge in [-0.15, -0.1) is 0 Å². The number of esters is 1. The summed E-state index contributed by atoms with van der Waals surface area (Å²) in [5.74, 6) is 0.463. The van der Waals surface area contributed by atoms with E-state index in [1.165, 1.54) is 18.4 Å². The van der Waals surface area contributed by atoms with Crippen molar-refractivity contribution < 1.29 is 9.53 Å². The summed E-state index contributed by atoms with van der Waals surface area (Å²) in [7, 11) is 0. The summed E-state index contributed by atoms with van der Waals surface area (Å²) in [6.07, 6.45) is 8.19. The Hall–Kier alpha value is -1.05. The Bertz CT molecular complexity index is 292. The van der Waals surface area contributed by atoms with E-state index >= 15 is 0 Å². The minimum absolute atomic E-state index is 0.179. The molecular weight excluding hydrogens is 200 g/mol. The van der Waals surface area contributed by atoms with E-state index in [1.807, 2.05) is 6.92 Å². The van der Waals surface area contributed by atoms with Crippen LogP contribution >= 0.6 is 0 Å². The van der Waals surface area contributed by atoms with Crippen molar-refractivity contribution in [2.24, 2.45) is 5.92 Å². The fourth-order valence-corrected chi connectivity index (χ4v) is 1.39. The average Bonchev–Trinajstić information content (AvgIpc) is 2.97. The van der Waals surface area contributed by atoms with Crippen LogP contribution in [0.25, 0.3) is 0 Å². The molecule has 0 amide bonds. The number of carbonyl (C=O) groups excluding carboxylic acids is 1. The predicted molar refractivity (Wildman–Crippen MR) is 66.1 cm³/mol. The van der Waals surface area contributed by atoms with Gasteiger partial charge in [0.05, 0.1) is 6.61 Å². The molecular formula is C14H22O2. The lowest BCUT2D eigenvalue weighted by molar-refractivity contribution is -0.138. The van der Waals surface area contributed by atoms with Crippen LogP contribution in [-0.2, 0) is 9.53 Å². The monoisotopic (exact) mass is 222 g/mol. The molecule has 1 aliphatic carbocycles. The number of allylic oxidation sites excluding steroid dienone is 3. The first kappa shape index (κ1) is 13.0. The van der Waals surface area contributed by atoms with E-state index in [0.717, 1.165) is 18.4 Å². The van der Waals surface area contributed by atoms with E-state index in [1.54, 1.807) is 6.08 Å². The third-order valence-electron chi connectivity index (χ3n) is 2.61. The molecule has 0 unspecified atom stereocenters. The lowest BCUT2D eigenvalue weighted by Gasteiger charge is -2.01. The second-order valence-electron chi connectivity index (χ2n) is 4.88. The van der Waals surface area contributed by atoms with Gasteiger partial charge in [-0.3, -0.25) is 0 Å². The van der Waals surface area contributed by atoms with E-state index in [0.29, 0.717) is 12.5 Å². The fraction of sp³-hybridized carbons (Fsp3) is 0.643. The quantitative estimate of drug-likeness (QED) is 0.389. The molecule has 0 atom stereocenters. The highest BCUT2D eigenvalue weighted by Gasteiger charge is 2.22. The maximum atomic E-state index is 11.4. The van der Waals surface area contributed by atoms with Gasteiger partial charge < -0.3 is 4.74 Å². The molecule has 0 bridgehead atoms. The van der Waals surface area contributed by atoms with E-state index in [4.69, 9.17) is 4.74 Å². The van der Waals surface area contributed by atoms with Gasteiger partial charge in [0.2, 0.25) is 0 Å². The first-order valence-electron chi connectivity index (χ1n) is 6.05. The average molecular weight is 222 g/mol. The molecule has 0 aromatic rings. The molecule has 2 nitrogen and oxygen atoms in total. The van der Waals surface area contributed by atoms with Gasteiger partial charge in [0, 0.05) is 6.08 Å². The largest absolute Gasteiger partial charge is 0.462 e. The molecule has 0 N–H and O–H groups in total. The zero-order valence-electron chi connectivity index (χ0n) is 10.6. The highest BCUT2D eigenvalue weighted by atomic mass is 16.5. The van der Waals surface area contributed by atoms with Crippen LogP contribution in [0.4, 0.5) is 0 Å². The first-order valence-corrected chi connectivity index (χ1v) is 6.05. The van der Waals surface area contributed by atoms with E-state index < -0.39 is 0 Å². The van der Waals surface area contributed by atoms with Crippen molar-refractivity contribution >= 4 is 5.97 Å². The van der Waals surface area contributed by atoms with Crippen LogP contribution in [-0.4, -0.2) is 12.6 Å². The highest BCUT2D eigenvalue weighted by Crippen LogP contribution is 2.28. The molecule has 0 saturated heterocycles. The van der Waals surface area contributed by atoms with Crippen LogP contribution in [0.3, 0.4) is 0 Å². The zero-order valence-corrected chi connectivity index (χ0v) is 10.6. The van der Waals surface area contributed by atoms with E-state index in [-0.39, 0.29) is 5.97 Å². The van der Waals surface area contributed by atoms with Crippen molar-refractivity contribution in [3.8, 4) is 0 Å². The number of ether oxygens (including phenoxy) is 1. The van der Waals surface area contributed by atoms with Gasteiger partial charge in [0.25, 0.3) is 0 Å². The fourth-order valence-electron chi connectivity index (χ4n) is 1.39. The Kier molecular flexibility index (Phi) is 5.30. The van der Waals surface area contributed by atoms with Crippen LogP contribution in [0, 0.1) is 5.92 Å². The van der Waals surface area contributed by atoms with Crippen LogP contribution in [0.15, 0.2) is 23.3 Å². The molecule has 0 aromatic carbocycles. The minimum Gasteiger partial charge on any atom is -0.462 e. The summed E-state index contributed by atoms with van der Waals surface area (Å²) in [6.45, 7) is 6.76. The lowest BCUT2D eigenvalue weighted by atomic mass is 10.1. The van der Waals surface area contributed by atoms with Crippen molar-refractivity contribution in [2.45, 2.75) is 46.5 Å². The van der Waals surface area contributed by atoms with E-state index in [9.17, 15) is 4.79 Å². The second-order valence-corrected chi connectivity index (χ2v) is 4.88. The molecule has 1 fully saturated rings. The normalized spacial score (nSPS) is 15.8. The van der Waals surface area contributed by atoms with Gasteiger partial charge in [-0.1, -0.05) is 17.2 Å². The van der Waals surface area contributed by atoms with Gasteiger partial charge in [0.15, 0.2) is 0 Å². The molecule has 0 radical (unpaired) electrons. The molecule has 0 aromatic heterocycles. The maximum absolute atomic E-state index is 11.4. The first-order chi connectivity index (χ1) is 7.58.